The molecule has 22 heavy (non-hydrogen) atoms. The Bertz CT molecular complexity index is 631. The number of halogens is 9. The van der Waals surface area contributed by atoms with Gasteiger partial charge in [-0.1, -0.05) is 0 Å². The lowest BCUT2D eigenvalue weighted by atomic mass is 11.6. The normalized spacial score (nSPS) is 16.1. The molecule has 0 aliphatic rings. The van der Waals surface area contributed by atoms with Crippen LogP contribution in [0.15, 0.2) is 0 Å². The van der Waals surface area contributed by atoms with Crippen molar-refractivity contribution in [2.45, 2.75) is 16.5 Å². The van der Waals surface area contributed by atoms with Gasteiger partial charge in [0.1, 0.15) is 0 Å². The first kappa shape index (κ1) is 21.2. The maximum atomic E-state index is 12.0. The highest BCUT2D eigenvalue weighted by Crippen LogP contribution is 2.41. The van der Waals surface area contributed by atoms with E-state index >= 15 is 0 Å². The molecule has 0 spiro atoms. The average Bonchev–Trinajstić information content (AvgIpc) is 2.09. The van der Waals surface area contributed by atoms with Crippen LogP contribution in [0, 0.1) is 0 Å². The number of sulfonamides is 3. The summed E-state index contributed by atoms with van der Waals surface area (Å²) in [7, 11) is -24.3. The second kappa shape index (κ2) is 5.09. The van der Waals surface area contributed by atoms with E-state index < -0.39 is 49.7 Å². The van der Waals surface area contributed by atoms with Gasteiger partial charge in [-0.15, -0.1) is 0 Å². The number of alkyl halides is 9. The van der Waals surface area contributed by atoms with Gasteiger partial charge < -0.3 is 0 Å². The summed E-state index contributed by atoms with van der Waals surface area (Å²) in [5.41, 5.74) is -21.3. The molecule has 0 N–H and O–H groups in total. The van der Waals surface area contributed by atoms with Gasteiger partial charge in [-0.25, -0.2) is 25.3 Å². The predicted molar refractivity (Wildman–Crippen MR) is 46.8 cm³/mol. The van der Waals surface area contributed by atoms with E-state index in [0.717, 1.165) is 0 Å². The van der Waals surface area contributed by atoms with E-state index in [1.54, 1.807) is 0 Å². The van der Waals surface area contributed by atoms with Gasteiger partial charge in [-0.05, 0) is 0 Å². The Morgan fingerprint density at radius 3 is 0.682 bits per heavy atom. The fraction of sp³-hybridized carbons (Fsp3) is 1.00. The van der Waals surface area contributed by atoms with E-state index in [4.69, 9.17) is 0 Å². The fourth-order valence-electron chi connectivity index (χ4n) is 0.641. The molecule has 0 rings (SSSR count). The van der Waals surface area contributed by atoms with Crippen LogP contribution in [0.25, 0.3) is 0 Å². The summed E-state index contributed by atoms with van der Waals surface area (Å²) >= 11 is 0. The van der Waals surface area contributed by atoms with Gasteiger partial charge in [0.15, 0.2) is 0 Å². The lowest BCUT2D eigenvalue weighted by Gasteiger charge is -2.23. The molecule has 0 saturated carbocycles. The molecule has 0 atom stereocenters. The first-order chi connectivity index (χ1) is 9.12. The van der Waals surface area contributed by atoms with Crippen molar-refractivity contribution in [2.24, 2.45) is 0 Å². The molecule has 0 radical (unpaired) electrons. The summed E-state index contributed by atoms with van der Waals surface area (Å²) in [6, 6.07) is 0. The second-order valence-electron chi connectivity index (χ2n) is 2.99. The third-order valence-corrected chi connectivity index (χ3v) is 7.93. The van der Waals surface area contributed by atoms with Crippen LogP contribution in [-0.2, 0) is 30.1 Å². The van der Waals surface area contributed by atoms with Crippen LogP contribution in [0.1, 0.15) is 0 Å². The smallest absolute Gasteiger partial charge is 0.201 e. The van der Waals surface area contributed by atoms with Crippen LogP contribution in [0.4, 0.5) is 39.5 Å². The zero-order chi connectivity index (χ0) is 18.6. The van der Waals surface area contributed by atoms with Crippen molar-refractivity contribution >= 4 is 30.1 Å². The Morgan fingerprint density at radius 2 is 0.591 bits per heavy atom. The van der Waals surface area contributed by atoms with E-state index in [0.29, 0.717) is 0 Å². The summed E-state index contributed by atoms with van der Waals surface area (Å²) in [4.78, 5) is 0. The molecule has 0 bridgehead atoms. The molecular weight excluding hydrogens is 413 g/mol. The van der Waals surface area contributed by atoms with Crippen molar-refractivity contribution in [3.63, 3.8) is 0 Å². The number of nitrogens with zero attached hydrogens (tertiary/aromatic N) is 1. The summed E-state index contributed by atoms with van der Waals surface area (Å²) in [5, 5.41) is 0. The molecule has 0 unspecified atom stereocenters. The molecule has 0 heterocycles. The highest BCUT2D eigenvalue weighted by atomic mass is 32.3. The first-order valence-corrected chi connectivity index (χ1v) is 8.18. The molecule has 0 aliphatic carbocycles. The SMILES string of the molecule is O=S(=O)(N(S(=O)(=O)C(F)(F)F)S(=O)(=O)C(F)(F)F)C(F)(F)F. The lowest BCUT2D eigenvalue weighted by Crippen LogP contribution is -2.55. The maximum Gasteiger partial charge on any atom is 0.513 e. The van der Waals surface area contributed by atoms with Crippen molar-refractivity contribution in [1.82, 2.24) is 3.12 Å². The lowest BCUT2D eigenvalue weighted by molar-refractivity contribution is -0.0555. The van der Waals surface area contributed by atoms with Crippen molar-refractivity contribution < 1.29 is 64.8 Å². The van der Waals surface area contributed by atoms with Gasteiger partial charge >= 0.3 is 46.6 Å². The van der Waals surface area contributed by atoms with E-state index in [1.807, 2.05) is 0 Å². The van der Waals surface area contributed by atoms with E-state index in [1.165, 1.54) is 0 Å². The third-order valence-electron chi connectivity index (χ3n) is 1.47. The summed E-state index contributed by atoms with van der Waals surface area (Å²) in [5.74, 6) is 0. The largest absolute Gasteiger partial charge is 0.513 e. The van der Waals surface area contributed by atoms with Crippen LogP contribution in [0.3, 0.4) is 0 Å². The molecule has 0 fully saturated rings. The third kappa shape index (κ3) is 3.25. The summed E-state index contributed by atoms with van der Waals surface area (Å²) in [6.45, 7) is 0. The van der Waals surface area contributed by atoms with Gasteiger partial charge in [-0.3, -0.25) is 0 Å². The summed E-state index contributed by atoms with van der Waals surface area (Å²) < 4.78 is 168. The molecule has 0 aromatic heterocycles. The maximum absolute atomic E-state index is 12.0. The molecule has 0 saturated heterocycles. The highest BCUT2D eigenvalue weighted by molar-refractivity contribution is 8.18. The van der Waals surface area contributed by atoms with E-state index in [2.05, 4.69) is 0 Å². The van der Waals surface area contributed by atoms with Gasteiger partial charge in [-0.2, -0.15) is 39.5 Å². The van der Waals surface area contributed by atoms with Crippen molar-refractivity contribution in [3.8, 4) is 0 Å². The molecule has 134 valence electrons. The Balaban J connectivity index is 7.00. The fourth-order valence-corrected chi connectivity index (χ4v) is 5.77. The van der Waals surface area contributed by atoms with Crippen LogP contribution in [0.5, 0.6) is 0 Å². The quantitative estimate of drug-likeness (QED) is 0.635. The molecule has 0 aliphatic heterocycles. The highest BCUT2D eigenvalue weighted by Gasteiger charge is 2.71. The molecular formula is C3F9NO6S3. The molecule has 19 heteroatoms. The Hall–Kier alpha value is -0.820. The number of hydrogen-bond donors (Lipinski definition) is 0. The van der Waals surface area contributed by atoms with Gasteiger partial charge in [0.2, 0.25) is 0 Å². The topological polar surface area (TPSA) is 106 Å². The van der Waals surface area contributed by atoms with E-state index in [9.17, 15) is 64.8 Å². The minimum atomic E-state index is -8.10. The van der Waals surface area contributed by atoms with Gasteiger partial charge in [0, 0.05) is 3.12 Å². The van der Waals surface area contributed by atoms with Crippen LogP contribution in [-0.4, -0.2) is 44.9 Å². The van der Waals surface area contributed by atoms with Gasteiger partial charge in [0.25, 0.3) is 0 Å². The predicted octanol–water partition coefficient (Wildman–Crippen LogP) is 0.837. The average molecular weight is 413 g/mol. The van der Waals surface area contributed by atoms with Crippen molar-refractivity contribution in [3.05, 3.63) is 0 Å². The molecule has 0 amide bonds. The van der Waals surface area contributed by atoms with Gasteiger partial charge in [0.05, 0.1) is 0 Å². The standard InChI is InChI=1S/C3F9NO6S3/c4-1(5,6)20(14,15)13(21(16,17)2(7,8)9)22(18,19)3(10,11)12. The van der Waals surface area contributed by atoms with E-state index in [-0.39, 0.29) is 0 Å². The zero-order valence-corrected chi connectivity index (χ0v) is 11.5. The van der Waals surface area contributed by atoms with Crippen molar-refractivity contribution in [1.29, 1.82) is 0 Å². The summed E-state index contributed by atoms with van der Waals surface area (Å²) in [6.07, 6.45) is 0. The minimum absolute atomic E-state index is 3.65. The molecule has 7 nitrogen and oxygen atoms in total. The monoisotopic (exact) mass is 413 g/mol. The second-order valence-corrected chi connectivity index (χ2v) is 9.01. The van der Waals surface area contributed by atoms with Crippen LogP contribution >= 0.6 is 0 Å². The molecule has 0 aromatic carbocycles. The van der Waals surface area contributed by atoms with Crippen LogP contribution in [0.2, 0.25) is 0 Å². The zero-order valence-electron chi connectivity index (χ0n) is 9.02. The Kier molecular flexibility index (Phi) is 4.90. The number of rotatable bonds is 3. The van der Waals surface area contributed by atoms with Crippen LogP contribution < -0.4 is 0 Å². The Morgan fingerprint density at radius 1 is 0.455 bits per heavy atom. The Labute approximate surface area is 115 Å². The number of hydrogen-bond acceptors (Lipinski definition) is 6. The molecule has 0 aromatic rings. The first-order valence-electron chi connectivity index (χ1n) is 3.86. The minimum Gasteiger partial charge on any atom is -0.201 e. The van der Waals surface area contributed by atoms with Crippen molar-refractivity contribution in [2.75, 3.05) is 0 Å².